The molecule has 2 aromatic heterocycles. The van der Waals surface area contributed by atoms with Gasteiger partial charge in [-0.1, -0.05) is 0 Å². The molecule has 0 fully saturated rings. The molecule has 6 heteroatoms. The van der Waals surface area contributed by atoms with Crippen molar-refractivity contribution >= 4 is 27.2 Å². The molecule has 96 valence electrons. The Morgan fingerprint density at radius 3 is 3.05 bits per heavy atom. The Morgan fingerprint density at radius 1 is 1.37 bits per heavy atom. The molecule has 0 atom stereocenters. The maximum atomic E-state index is 13.1. The van der Waals surface area contributed by atoms with Gasteiger partial charge >= 0.3 is 0 Å². The number of nitrogens with zero attached hydrogens (tertiary/aromatic N) is 2. The molecule has 2 heterocycles. The van der Waals surface area contributed by atoms with E-state index < -0.39 is 0 Å². The molecular formula is C13H10FN3OS. The number of nitrogen functional groups attached to an aromatic ring is 1. The van der Waals surface area contributed by atoms with E-state index in [2.05, 4.69) is 4.98 Å². The van der Waals surface area contributed by atoms with Crippen LogP contribution in [0.1, 0.15) is 5.01 Å². The van der Waals surface area contributed by atoms with Gasteiger partial charge in [0.1, 0.15) is 10.8 Å². The van der Waals surface area contributed by atoms with Crippen LogP contribution in [0.3, 0.4) is 0 Å². The topological polar surface area (TPSA) is 60.9 Å². The third-order valence-electron chi connectivity index (χ3n) is 2.75. The van der Waals surface area contributed by atoms with Crippen molar-refractivity contribution in [1.29, 1.82) is 0 Å². The molecule has 0 saturated carbocycles. The van der Waals surface area contributed by atoms with E-state index >= 15 is 0 Å². The fourth-order valence-corrected chi connectivity index (χ4v) is 2.79. The van der Waals surface area contributed by atoms with Gasteiger partial charge in [0.25, 0.3) is 5.56 Å². The Bertz CT molecular complexity index is 809. The summed E-state index contributed by atoms with van der Waals surface area (Å²) in [4.78, 5) is 16.1. The van der Waals surface area contributed by atoms with Crippen LogP contribution in [0.5, 0.6) is 0 Å². The van der Waals surface area contributed by atoms with Crippen molar-refractivity contribution in [3.63, 3.8) is 0 Å². The molecular weight excluding hydrogens is 265 g/mol. The third-order valence-corrected chi connectivity index (χ3v) is 3.77. The minimum atomic E-state index is -0.314. The zero-order valence-electron chi connectivity index (χ0n) is 9.84. The average molecular weight is 275 g/mol. The van der Waals surface area contributed by atoms with E-state index in [1.807, 2.05) is 0 Å². The number of rotatable bonds is 2. The zero-order valence-corrected chi connectivity index (χ0v) is 10.7. The fraction of sp³-hybridized carbons (Fsp3) is 0.0769. The molecule has 0 unspecified atom stereocenters. The molecule has 3 aromatic rings. The van der Waals surface area contributed by atoms with Crippen LogP contribution in [0.15, 0.2) is 41.3 Å². The van der Waals surface area contributed by atoms with Gasteiger partial charge in [0.2, 0.25) is 0 Å². The highest BCUT2D eigenvalue weighted by atomic mass is 32.1. The summed E-state index contributed by atoms with van der Waals surface area (Å²) in [5.74, 6) is -0.314. The molecule has 0 bridgehead atoms. The Kier molecular flexibility index (Phi) is 2.79. The maximum absolute atomic E-state index is 13.1. The van der Waals surface area contributed by atoms with Crippen molar-refractivity contribution in [1.82, 2.24) is 9.55 Å². The molecule has 0 aliphatic carbocycles. The number of anilines is 1. The lowest BCUT2D eigenvalue weighted by atomic mass is 10.3. The van der Waals surface area contributed by atoms with Gasteiger partial charge in [-0.05, 0) is 24.3 Å². The number of benzene rings is 1. The SMILES string of the molecule is Nc1cccn(Cc2nc3cc(F)ccc3s2)c1=O. The first-order valence-electron chi connectivity index (χ1n) is 5.63. The Labute approximate surface area is 111 Å². The highest BCUT2D eigenvalue weighted by molar-refractivity contribution is 7.18. The van der Waals surface area contributed by atoms with Crippen molar-refractivity contribution in [3.8, 4) is 0 Å². The first-order chi connectivity index (χ1) is 9.13. The summed E-state index contributed by atoms with van der Waals surface area (Å²) in [6.07, 6.45) is 1.66. The van der Waals surface area contributed by atoms with Crippen LogP contribution in [-0.4, -0.2) is 9.55 Å². The second-order valence-corrected chi connectivity index (χ2v) is 5.23. The van der Waals surface area contributed by atoms with E-state index in [0.717, 1.165) is 9.71 Å². The smallest absolute Gasteiger partial charge is 0.274 e. The number of hydrogen-bond acceptors (Lipinski definition) is 4. The van der Waals surface area contributed by atoms with Crippen LogP contribution in [0, 0.1) is 5.82 Å². The van der Waals surface area contributed by atoms with Crippen molar-refractivity contribution in [2.45, 2.75) is 6.54 Å². The molecule has 19 heavy (non-hydrogen) atoms. The number of pyridine rings is 1. The van der Waals surface area contributed by atoms with Crippen molar-refractivity contribution in [2.75, 3.05) is 5.73 Å². The van der Waals surface area contributed by atoms with E-state index in [-0.39, 0.29) is 17.1 Å². The number of nitrogens with two attached hydrogens (primary N) is 1. The van der Waals surface area contributed by atoms with Gasteiger partial charge in [0.15, 0.2) is 0 Å². The second-order valence-electron chi connectivity index (χ2n) is 4.12. The highest BCUT2D eigenvalue weighted by Gasteiger charge is 2.07. The van der Waals surface area contributed by atoms with Gasteiger partial charge in [0.05, 0.1) is 22.4 Å². The molecule has 0 saturated heterocycles. The average Bonchev–Trinajstić information content (AvgIpc) is 2.76. The fourth-order valence-electron chi connectivity index (χ4n) is 1.84. The first kappa shape index (κ1) is 11.9. The van der Waals surface area contributed by atoms with Crippen LogP contribution in [0.2, 0.25) is 0 Å². The van der Waals surface area contributed by atoms with Gasteiger partial charge < -0.3 is 10.3 Å². The maximum Gasteiger partial charge on any atom is 0.274 e. The monoisotopic (exact) mass is 275 g/mol. The largest absolute Gasteiger partial charge is 0.394 e. The van der Waals surface area contributed by atoms with E-state index in [4.69, 9.17) is 5.73 Å². The van der Waals surface area contributed by atoms with E-state index in [0.29, 0.717) is 12.1 Å². The van der Waals surface area contributed by atoms with Crippen molar-refractivity contribution < 1.29 is 4.39 Å². The standard InChI is InChI=1S/C13H10FN3OS/c14-8-3-4-11-10(6-8)16-12(19-11)7-17-5-1-2-9(15)13(17)18/h1-6H,7,15H2. The number of hydrogen-bond donors (Lipinski definition) is 1. The van der Waals surface area contributed by atoms with Gasteiger partial charge in [-0.15, -0.1) is 11.3 Å². The summed E-state index contributed by atoms with van der Waals surface area (Å²) < 4.78 is 15.5. The molecule has 0 aliphatic heterocycles. The summed E-state index contributed by atoms with van der Waals surface area (Å²) in [5.41, 5.74) is 6.14. The third kappa shape index (κ3) is 2.22. The molecule has 0 amide bonds. The minimum absolute atomic E-state index is 0.203. The Hall–Kier alpha value is -2.21. The lowest BCUT2D eigenvalue weighted by Crippen LogP contribution is -2.22. The Morgan fingerprint density at radius 2 is 2.21 bits per heavy atom. The van der Waals surface area contributed by atoms with E-state index in [9.17, 15) is 9.18 Å². The van der Waals surface area contributed by atoms with Crippen molar-refractivity contribution in [2.24, 2.45) is 0 Å². The minimum Gasteiger partial charge on any atom is -0.394 e. The molecule has 2 N–H and O–H groups in total. The van der Waals surface area contributed by atoms with E-state index in [1.165, 1.54) is 28.0 Å². The normalized spacial score (nSPS) is 11.0. The van der Waals surface area contributed by atoms with Crippen LogP contribution in [0.4, 0.5) is 10.1 Å². The zero-order chi connectivity index (χ0) is 13.4. The first-order valence-corrected chi connectivity index (χ1v) is 6.45. The summed E-state index contributed by atoms with van der Waals surface area (Å²) in [6, 6.07) is 7.75. The summed E-state index contributed by atoms with van der Waals surface area (Å²) >= 11 is 1.44. The van der Waals surface area contributed by atoms with Gasteiger partial charge in [-0.3, -0.25) is 4.79 Å². The number of fused-ring (bicyclic) bond motifs is 1. The van der Waals surface area contributed by atoms with Crippen LogP contribution < -0.4 is 11.3 Å². The lowest BCUT2D eigenvalue weighted by molar-refractivity contribution is 0.629. The predicted molar refractivity (Wildman–Crippen MR) is 73.8 cm³/mol. The summed E-state index contributed by atoms with van der Waals surface area (Å²) in [7, 11) is 0. The number of thiazole rings is 1. The quantitative estimate of drug-likeness (QED) is 0.780. The van der Waals surface area contributed by atoms with Gasteiger partial charge in [-0.25, -0.2) is 9.37 Å². The molecule has 0 spiro atoms. The van der Waals surface area contributed by atoms with Crippen LogP contribution in [0.25, 0.3) is 10.2 Å². The molecule has 0 radical (unpaired) electrons. The number of aromatic nitrogens is 2. The summed E-state index contributed by atoms with van der Waals surface area (Å²) in [5, 5.41) is 0.744. The second kappa shape index (κ2) is 4.47. The van der Waals surface area contributed by atoms with Gasteiger partial charge in [-0.2, -0.15) is 0 Å². The summed E-state index contributed by atoms with van der Waals surface area (Å²) in [6.45, 7) is 0.338. The molecule has 3 rings (SSSR count). The van der Waals surface area contributed by atoms with Crippen LogP contribution in [-0.2, 0) is 6.54 Å². The highest BCUT2D eigenvalue weighted by Crippen LogP contribution is 2.23. The molecule has 1 aromatic carbocycles. The predicted octanol–water partition coefficient (Wildman–Crippen LogP) is 2.23. The molecule has 4 nitrogen and oxygen atoms in total. The van der Waals surface area contributed by atoms with Gasteiger partial charge in [0, 0.05) is 12.3 Å². The van der Waals surface area contributed by atoms with Crippen LogP contribution >= 0.6 is 11.3 Å². The number of halogens is 1. The van der Waals surface area contributed by atoms with Crippen molar-refractivity contribution in [3.05, 3.63) is 57.7 Å². The van der Waals surface area contributed by atoms with E-state index in [1.54, 1.807) is 24.4 Å². The lowest BCUT2D eigenvalue weighted by Gasteiger charge is -2.02. The Balaban J connectivity index is 2.01. The molecule has 0 aliphatic rings.